The molecule has 0 aromatic heterocycles. The predicted molar refractivity (Wildman–Crippen MR) is 66.2 cm³/mol. The summed E-state index contributed by atoms with van der Waals surface area (Å²) in [5.41, 5.74) is 8.00. The Hall–Kier alpha value is -0.0500. The molecule has 2 aliphatic rings. The number of hydrogen-bond donors (Lipinski definition) is 1. The normalized spacial score (nSPS) is 25.0. The van der Waals surface area contributed by atoms with Gasteiger partial charge >= 0.3 is 0 Å². The van der Waals surface area contributed by atoms with Gasteiger partial charge in [0.05, 0.1) is 5.02 Å². The first-order valence-electron chi connectivity index (χ1n) is 5.32. The molecular formula is C12H13BrClN. The van der Waals surface area contributed by atoms with E-state index in [0.29, 0.717) is 0 Å². The summed E-state index contributed by atoms with van der Waals surface area (Å²) < 4.78 is 0.964. The van der Waals surface area contributed by atoms with Crippen LogP contribution in [0.15, 0.2) is 22.7 Å². The Morgan fingerprint density at radius 3 is 2.33 bits per heavy atom. The number of hydrogen-bond acceptors (Lipinski definition) is 1. The summed E-state index contributed by atoms with van der Waals surface area (Å²) >= 11 is 9.55. The minimum Gasteiger partial charge on any atom is -0.324 e. The zero-order valence-electron chi connectivity index (χ0n) is 8.39. The van der Waals surface area contributed by atoms with E-state index in [4.69, 9.17) is 17.3 Å². The second-order valence-electron chi connectivity index (χ2n) is 4.87. The Kier molecular flexibility index (Phi) is 2.02. The van der Waals surface area contributed by atoms with Crippen molar-refractivity contribution in [3.05, 3.63) is 33.3 Å². The van der Waals surface area contributed by atoms with E-state index in [2.05, 4.69) is 28.1 Å². The summed E-state index contributed by atoms with van der Waals surface area (Å²) in [5.74, 6) is 0. The van der Waals surface area contributed by atoms with Crippen molar-refractivity contribution in [1.82, 2.24) is 0 Å². The van der Waals surface area contributed by atoms with Crippen molar-refractivity contribution in [2.24, 2.45) is 5.73 Å². The van der Waals surface area contributed by atoms with E-state index < -0.39 is 0 Å². The number of halogens is 2. The average Bonchev–Trinajstić information content (AvgIpc) is 3.05. The zero-order valence-corrected chi connectivity index (χ0v) is 10.7. The van der Waals surface area contributed by atoms with Crippen LogP contribution in [0.1, 0.15) is 31.2 Å². The Labute approximate surface area is 103 Å². The Bertz CT molecular complexity index is 422. The van der Waals surface area contributed by atoms with Crippen LogP contribution in [0.4, 0.5) is 0 Å². The maximum atomic E-state index is 6.35. The largest absolute Gasteiger partial charge is 0.324 e. The third-order valence-corrected chi connectivity index (χ3v) is 5.20. The quantitative estimate of drug-likeness (QED) is 0.883. The summed E-state index contributed by atoms with van der Waals surface area (Å²) in [4.78, 5) is 0. The van der Waals surface area contributed by atoms with Crippen LogP contribution < -0.4 is 5.73 Å². The number of benzene rings is 1. The molecule has 0 radical (unpaired) electrons. The summed E-state index contributed by atoms with van der Waals surface area (Å²) in [6, 6.07) is 6.27. The lowest BCUT2D eigenvalue weighted by molar-refractivity contribution is 0.503. The third kappa shape index (κ3) is 1.38. The summed E-state index contributed by atoms with van der Waals surface area (Å²) in [7, 11) is 0. The van der Waals surface area contributed by atoms with E-state index in [1.54, 1.807) is 0 Å². The predicted octanol–water partition coefficient (Wildman–Crippen LogP) is 3.63. The molecule has 0 spiro atoms. The van der Waals surface area contributed by atoms with Crippen LogP contribution >= 0.6 is 27.5 Å². The summed E-state index contributed by atoms with van der Waals surface area (Å²) in [5, 5.41) is 0.794. The molecule has 80 valence electrons. The molecule has 0 saturated heterocycles. The average molecular weight is 287 g/mol. The molecule has 0 aliphatic heterocycles. The molecule has 0 unspecified atom stereocenters. The monoisotopic (exact) mass is 285 g/mol. The van der Waals surface area contributed by atoms with E-state index in [-0.39, 0.29) is 11.0 Å². The number of rotatable bonds is 2. The highest BCUT2D eigenvalue weighted by atomic mass is 79.9. The fourth-order valence-electron chi connectivity index (χ4n) is 2.61. The van der Waals surface area contributed by atoms with Gasteiger partial charge in [-0.3, -0.25) is 0 Å². The van der Waals surface area contributed by atoms with Gasteiger partial charge in [0, 0.05) is 15.4 Å². The highest BCUT2D eigenvalue weighted by Crippen LogP contribution is 2.63. The molecule has 2 saturated carbocycles. The molecule has 0 bridgehead atoms. The van der Waals surface area contributed by atoms with E-state index in [1.165, 1.54) is 31.2 Å². The van der Waals surface area contributed by atoms with Crippen molar-refractivity contribution in [2.45, 2.75) is 36.6 Å². The van der Waals surface area contributed by atoms with Crippen molar-refractivity contribution < 1.29 is 0 Å². The van der Waals surface area contributed by atoms with Gasteiger partial charge in [0.15, 0.2) is 0 Å². The maximum Gasteiger partial charge on any atom is 0.0551 e. The van der Waals surface area contributed by atoms with Gasteiger partial charge < -0.3 is 5.73 Å². The smallest absolute Gasteiger partial charge is 0.0551 e. The molecule has 2 N–H and O–H groups in total. The highest BCUT2D eigenvalue weighted by Gasteiger charge is 2.63. The molecule has 0 amide bonds. The van der Waals surface area contributed by atoms with Crippen molar-refractivity contribution in [2.75, 3.05) is 0 Å². The molecule has 0 atom stereocenters. The van der Waals surface area contributed by atoms with Crippen LogP contribution in [0, 0.1) is 0 Å². The van der Waals surface area contributed by atoms with Gasteiger partial charge in [-0.25, -0.2) is 0 Å². The van der Waals surface area contributed by atoms with Crippen molar-refractivity contribution in [3.8, 4) is 0 Å². The van der Waals surface area contributed by atoms with Gasteiger partial charge in [-0.15, -0.1) is 0 Å². The van der Waals surface area contributed by atoms with Crippen molar-refractivity contribution in [1.29, 1.82) is 0 Å². The minimum atomic E-state index is 0.0736. The lowest BCUT2D eigenvalue weighted by Crippen LogP contribution is -2.37. The van der Waals surface area contributed by atoms with Gasteiger partial charge in [-0.1, -0.05) is 17.7 Å². The Morgan fingerprint density at radius 1 is 1.20 bits per heavy atom. The van der Waals surface area contributed by atoms with Crippen LogP contribution in [-0.2, 0) is 5.41 Å². The molecular weight excluding hydrogens is 273 g/mol. The van der Waals surface area contributed by atoms with Crippen molar-refractivity contribution >= 4 is 27.5 Å². The molecule has 3 rings (SSSR count). The molecule has 3 heteroatoms. The minimum absolute atomic E-state index is 0.0736. The van der Waals surface area contributed by atoms with Gasteiger partial charge in [-0.2, -0.15) is 0 Å². The molecule has 1 nitrogen and oxygen atoms in total. The van der Waals surface area contributed by atoms with Gasteiger partial charge in [0.25, 0.3) is 0 Å². The van der Waals surface area contributed by atoms with Gasteiger partial charge in [0.2, 0.25) is 0 Å². The fourth-order valence-corrected chi connectivity index (χ4v) is 3.03. The lowest BCUT2D eigenvalue weighted by atomic mass is 9.86. The van der Waals surface area contributed by atoms with Crippen LogP contribution in [0.25, 0.3) is 0 Å². The SMILES string of the molecule is NC1(C2(c3ccc(Br)c(Cl)c3)CC2)CC1. The van der Waals surface area contributed by atoms with Crippen LogP contribution in [0.2, 0.25) is 5.02 Å². The Morgan fingerprint density at radius 2 is 1.87 bits per heavy atom. The molecule has 0 heterocycles. The maximum absolute atomic E-state index is 6.35. The van der Waals surface area contributed by atoms with E-state index >= 15 is 0 Å². The van der Waals surface area contributed by atoms with E-state index in [1.807, 2.05) is 6.07 Å². The second kappa shape index (κ2) is 2.99. The standard InChI is InChI=1S/C12H13BrClN/c13-9-2-1-8(7-10(9)14)11(3-4-11)12(15)5-6-12/h1-2,7H,3-6,15H2. The molecule has 15 heavy (non-hydrogen) atoms. The second-order valence-corrected chi connectivity index (χ2v) is 6.13. The third-order valence-electron chi connectivity index (χ3n) is 3.96. The van der Waals surface area contributed by atoms with Gasteiger partial charge in [0.1, 0.15) is 0 Å². The molecule has 2 fully saturated rings. The van der Waals surface area contributed by atoms with E-state index in [9.17, 15) is 0 Å². The fraction of sp³-hybridized carbons (Fsp3) is 0.500. The summed E-state index contributed by atoms with van der Waals surface area (Å²) in [6.07, 6.45) is 4.78. The van der Waals surface area contributed by atoms with Crippen molar-refractivity contribution in [3.63, 3.8) is 0 Å². The van der Waals surface area contributed by atoms with Gasteiger partial charge in [-0.05, 0) is 59.3 Å². The molecule has 1 aromatic carbocycles. The topological polar surface area (TPSA) is 26.0 Å². The first-order chi connectivity index (χ1) is 7.07. The Balaban J connectivity index is 2.03. The summed E-state index contributed by atoms with van der Waals surface area (Å²) in [6.45, 7) is 0. The van der Waals surface area contributed by atoms with Crippen LogP contribution in [0.5, 0.6) is 0 Å². The zero-order chi connectivity index (χ0) is 10.7. The molecule has 2 aliphatic carbocycles. The lowest BCUT2D eigenvalue weighted by Gasteiger charge is -2.23. The van der Waals surface area contributed by atoms with E-state index in [0.717, 1.165) is 9.50 Å². The first kappa shape index (κ1) is 10.1. The first-order valence-corrected chi connectivity index (χ1v) is 6.49. The molecule has 1 aromatic rings. The van der Waals surface area contributed by atoms with Crippen LogP contribution in [-0.4, -0.2) is 5.54 Å². The highest BCUT2D eigenvalue weighted by molar-refractivity contribution is 9.10. The van der Waals surface area contributed by atoms with Crippen LogP contribution in [0.3, 0.4) is 0 Å². The number of nitrogens with two attached hydrogens (primary N) is 1.